The molecule has 2 aromatic heterocycles. The first-order chi connectivity index (χ1) is 17.0. The first kappa shape index (κ1) is 25.3. The Morgan fingerprint density at radius 1 is 1.29 bits per heavy atom. The molecule has 0 unspecified atom stereocenters. The van der Waals surface area contributed by atoms with Gasteiger partial charge in [0.25, 0.3) is 0 Å². The molecule has 1 fully saturated rings. The summed E-state index contributed by atoms with van der Waals surface area (Å²) in [6.07, 6.45) is 5.66. The van der Waals surface area contributed by atoms with Gasteiger partial charge in [0.15, 0.2) is 0 Å². The minimum atomic E-state index is -0.748. The van der Waals surface area contributed by atoms with E-state index >= 15 is 0 Å². The van der Waals surface area contributed by atoms with Crippen LogP contribution < -0.4 is 4.74 Å². The molecule has 3 heterocycles. The van der Waals surface area contributed by atoms with E-state index in [1.54, 1.807) is 31.3 Å². The lowest BCUT2D eigenvalue weighted by atomic mass is 9.81. The highest BCUT2D eigenvalue weighted by Crippen LogP contribution is 2.34. The fourth-order valence-corrected chi connectivity index (χ4v) is 5.58. The number of piperidine rings is 1. The first-order valence-electron chi connectivity index (χ1n) is 12.0. The summed E-state index contributed by atoms with van der Waals surface area (Å²) in [4.78, 5) is 18.7. The van der Waals surface area contributed by atoms with Gasteiger partial charge in [0.05, 0.1) is 24.6 Å². The largest absolute Gasteiger partial charge is 0.497 e. The number of thioether (sulfide) groups is 1. The van der Waals surface area contributed by atoms with Gasteiger partial charge in [0, 0.05) is 30.1 Å². The zero-order chi connectivity index (χ0) is 24.6. The van der Waals surface area contributed by atoms with Crippen molar-refractivity contribution in [3.63, 3.8) is 0 Å². The number of carbonyl (C=O) groups is 1. The Morgan fingerprint density at radius 3 is 2.94 bits per heavy atom. The van der Waals surface area contributed by atoms with Gasteiger partial charge in [-0.3, -0.25) is 9.78 Å². The molecule has 9 heteroatoms. The Labute approximate surface area is 209 Å². The van der Waals surface area contributed by atoms with Crippen LogP contribution in [0.4, 0.5) is 0 Å². The number of pyridine rings is 1. The van der Waals surface area contributed by atoms with Gasteiger partial charge in [0.2, 0.25) is 0 Å². The van der Waals surface area contributed by atoms with Crippen LogP contribution in [0.3, 0.4) is 0 Å². The number of rotatable bonds is 11. The lowest BCUT2D eigenvalue weighted by molar-refractivity contribution is -0.146. The number of hydrogen-bond donors (Lipinski definition) is 2. The summed E-state index contributed by atoms with van der Waals surface area (Å²) in [5, 5.41) is 30.6. The molecule has 1 aliphatic rings. The zero-order valence-electron chi connectivity index (χ0n) is 19.9. The summed E-state index contributed by atoms with van der Waals surface area (Å²) < 4.78 is 5.33. The molecule has 0 radical (unpaired) electrons. The second-order valence-corrected chi connectivity index (χ2v) is 10.0. The quantitative estimate of drug-likeness (QED) is 0.300. The van der Waals surface area contributed by atoms with Crippen LogP contribution in [-0.4, -0.2) is 68.8 Å². The second kappa shape index (κ2) is 12.3. The standard InChI is InChI=1S/C26H32N4O4S/c1-34-19-6-7-23-21(16-19)20(9-12-27-23)24(31)8-5-18-10-14-30(17-22(18)26(32)33)13-3-15-35-25-4-2-11-28-29-25/h2,4,6-7,9,11-12,16,18,22,24,31H,3,5,8,10,13-15,17H2,1H3,(H,32,33)/t18-,22+,24-/m1/s1. The number of benzene rings is 1. The molecule has 3 atom stereocenters. The molecule has 0 spiro atoms. The van der Waals surface area contributed by atoms with Gasteiger partial charge in [-0.25, -0.2) is 0 Å². The van der Waals surface area contributed by atoms with E-state index < -0.39 is 18.0 Å². The number of aromatic nitrogens is 3. The molecule has 2 N–H and O–H groups in total. The summed E-state index contributed by atoms with van der Waals surface area (Å²) in [6, 6.07) is 11.3. The molecule has 8 nitrogen and oxygen atoms in total. The van der Waals surface area contributed by atoms with Gasteiger partial charge in [0.1, 0.15) is 10.8 Å². The van der Waals surface area contributed by atoms with Crippen LogP contribution in [-0.2, 0) is 4.79 Å². The fourth-order valence-electron chi connectivity index (χ4n) is 4.82. The van der Waals surface area contributed by atoms with Gasteiger partial charge in [-0.15, -0.1) is 16.9 Å². The third-order valence-electron chi connectivity index (χ3n) is 6.73. The molecule has 0 saturated carbocycles. The number of likely N-dealkylation sites (tertiary alicyclic amines) is 1. The number of methoxy groups -OCH3 is 1. The Morgan fingerprint density at radius 2 is 2.17 bits per heavy atom. The van der Waals surface area contributed by atoms with Crippen molar-refractivity contribution in [2.75, 3.05) is 32.5 Å². The van der Waals surface area contributed by atoms with Gasteiger partial charge >= 0.3 is 5.97 Å². The molecular weight excluding hydrogens is 464 g/mol. The molecule has 1 saturated heterocycles. The number of carboxylic acid groups (broad SMARTS) is 1. The summed E-state index contributed by atoms with van der Waals surface area (Å²) in [6.45, 7) is 2.31. The van der Waals surface area contributed by atoms with Gasteiger partial charge < -0.3 is 19.8 Å². The van der Waals surface area contributed by atoms with E-state index in [1.807, 2.05) is 36.4 Å². The van der Waals surface area contributed by atoms with Crippen molar-refractivity contribution in [2.24, 2.45) is 11.8 Å². The van der Waals surface area contributed by atoms with Crippen LogP contribution in [0.25, 0.3) is 10.9 Å². The molecular formula is C26H32N4O4S. The SMILES string of the molecule is COc1ccc2nccc([C@H](O)CC[C@@H]3CCN(CCCSc4cccnn4)C[C@@H]3C(=O)O)c2c1. The van der Waals surface area contributed by atoms with E-state index in [1.165, 1.54) is 0 Å². The molecule has 186 valence electrons. The molecule has 0 bridgehead atoms. The number of carboxylic acids is 1. The van der Waals surface area contributed by atoms with Crippen molar-refractivity contribution >= 4 is 28.6 Å². The molecule has 1 aromatic carbocycles. The minimum Gasteiger partial charge on any atom is -0.497 e. The van der Waals surface area contributed by atoms with Gasteiger partial charge in [-0.2, -0.15) is 5.10 Å². The Kier molecular flexibility index (Phi) is 8.90. The number of hydrogen-bond acceptors (Lipinski definition) is 8. The fraction of sp³-hybridized carbons (Fsp3) is 0.462. The summed E-state index contributed by atoms with van der Waals surface area (Å²) in [5.74, 6) is 0.523. The summed E-state index contributed by atoms with van der Waals surface area (Å²) in [7, 11) is 1.61. The predicted octanol–water partition coefficient (Wildman–Crippen LogP) is 4.05. The van der Waals surface area contributed by atoms with Crippen molar-refractivity contribution in [3.05, 3.63) is 54.4 Å². The molecule has 0 amide bonds. The Bertz CT molecular complexity index is 1120. The van der Waals surface area contributed by atoms with Gasteiger partial charge in [-0.05, 0) is 86.7 Å². The Hall–Kier alpha value is -2.75. The average Bonchev–Trinajstić information content (AvgIpc) is 2.89. The van der Waals surface area contributed by atoms with Crippen molar-refractivity contribution in [2.45, 2.75) is 36.8 Å². The monoisotopic (exact) mass is 496 g/mol. The topological polar surface area (TPSA) is 109 Å². The highest BCUT2D eigenvalue weighted by Gasteiger charge is 2.34. The molecule has 4 rings (SSSR count). The maximum Gasteiger partial charge on any atom is 0.308 e. The predicted molar refractivity (Wildman–Crippen MR) is 136 cm³/mol. The highest BCUT2D eigenvalue weighted by atomic mass is 32.2. The normalized spacial score (nSPS) is 19.5. The highest BCUT2D eigenvalue weighted by molar-refractivity contribution is 7.99. The first-order valence-corrected chi connectivity index (χ1v) is 13.0. The van der Waals surface area contributed by atoms with Crippen LogP contribution >= 0.6 is 11.8 Å². The van der Waals surface area contributed by atoms with E-state index in [0.717, 1.165) is 53.2 Å². The summed E-state index contributed by atoms with van der Waals surface area (Å²) in [5.41, 5.74) is 1.61. The lowest BCUT2D eigenvalue weighted by Gasteiger charge is -2.37. The van der Waals surface area contributed by atoms with Crippen LogP contribution in [0.1, 0.15) is 37.4 Å². The van der Waals surface area contributed by atoms with Gasteiger partial charge in [-0.1, -0.05) is 0 Å². The third kappa shape index (κ3) is 6.68. The number of aliphatic hydroxyl groups is 1. The lowest BCUT2D eigenvalue weighted by Crippen LogP contribution is -2.44. The van der Waals surface area contributed by atoms with E-state index in [4.69, 9.17) is 4.74 Å². The number of ether oxygens (including phenoxy) is 1. The molecule has 35 heavy (non-hydrogen) atoms. The van der Waals surface area contributed by atoms with Crippen LogP contribution in [0.15, 0.2) is 53.8 Å². The second-order valence-electron chi connectivity index (χ2n) is 8.93. The number of aliphatic carboxylic acids is 1. The molecule has 3 aromatic rings. The number of aliphatic hydroxyl groups excluding tert-OH is 1. The smallest absolute Gasteiger partial charge is 0.308 e. The minimum absolute atomic E-state index is 0.0509. The zero-order valence-corrected chi connectivity index (χ0v) is 20.7. The molecule has 0 aliphatic carbocycles. The van der Waals surface area contributed by atoms with E-state index in [0.29, 0.717) is 25.1 Å². The maximum atomic E-state index is 12.1. The maximum absolute atomic E-state index is 12.1. The van der Waals surface area contributed by atoms with Crippen molar-refractivity contribution in [3.8, 4) is 5.75 Å². The van der Waals surface area contributed by atoms with Crippen LogP contribution in [0, 0.1) is 11.8 Å². The van der Waals surface area contributed by atoms with E-state index in [-0.39, 0.29) is 5.92 Å². The average molecular weight is 497 g/mol. The molecule has 1 aliphatic heterocycles. The van der Waals surface area contributed by atoms with Crippen molar-refractivity contribution in [1.82, 2.24) is 20.1 Å². The van der Waals surface area contributed by atoms with E-state index in [9.17, 15) is 15.0 Å². The Balaban J connectivity index is 1.30. The third-order valence-corrected chi connectivity index (χ3v) is 7.73. The van der Waals surface area contributed by atoms with Crippen molar-refractivity contribution < 1.29 is 19.7 Å². The van der Waals surface area contributed by atoms with Crippen LogP contribution in [0.2, 0.25) is 0 Å². The summed E-state index contributed by atoms with van der Waals surface area (Å²) >= 11 is 1.67. The van der Waals surface area contributed by atoms with Crippen LogP contribution in [0.5, 0.6) is 5.75 Å². The van der Waals surface area contributed by atoms with Crippen molar-refractivity contribution in [1.29, 1.82) is 0 Å². The van der Waals surface area contributed by atoms with E-state index in [2.05, 4.69) is 20.1 Å². The number of fused-ring (bicyclic) bond motifs is 1. The number of nitrogens with zero attached hydrogens (tertiary/aromatic N) is 4.